The highest BCUT2D eigenvalue weighted by Gasteiger charge is 2.28. The fourth-order valence-corrected chi connectivity index (χ4v) is 4.96. The molecule has 0 spiro atoms. The summed E-state index contributed by atoms with van der Waals surface area (Å²) in [5.41, 5.74) is 2.95. The van der Waals surface area contributed by atoms with Crippen LogP contribution in [-0.2, 0) is 24.7 Å². The number of aromatic nitrogens is 6. The Morgan fingerprint density at radius 3 is 2.77 bits per heavy atom. The Bertz CT molecular complexity index is 1180. The largest absolute Gasteiger partial charge is 0.489 e. The van der Waals surface area contributed by atoms with Crippen LogP contribution in [0.2, 0.25) is 0 Å². The van der Waals surface area contributed by atoms with Gasteiger partial charge in [0, 0.05) is 13.5 Å². The SMILES string of the molecule is Cc1nc(-c2nnn(C)c2Cc2noc(CCC3CCC3)n2)ccc1O[C@H]1CCC[C@H](C(=O)O)C1. The Morgan fingerprint density at radius 1 is 1.20 bits per heavy atom. The molecule has 0 aliphatic heterocycles. The van der Waals surface area contributed by atoms with Crippen LogP contribution >= 0.6 is 0 Å². The molecule has 3 heterocycles. The molecule has 10 heteroatoms. The maximum atomic E-state index is 11.4. The molecule has 3 aromatic rings. The fraction of sp³-hybridized carbons (Fsp3) is 0.600. The zero-order valence-corrected chi connectivity index (χ0v) is 20.3. The van der Waals surface area contributed by atoms with Gasteiger partial charge >= 0.3 is 5.97 Å². The normalized spacial score (nSPS) is 20.5. The van der Waals surface area contributed by atoms with Gasteiger partial charge in [0.15, 0.2) is 5.82 Å². The van der Waals surface area contributed by atoms with Crippen LogP contribution in [0.4, 0.5) is 0 Å². The van der Waals surface area contributed by atoms with Crippen LogP contribution in [0.1, 0.15) is 74.5 Å². The highest BCUT2D eigenvalue weighted by molar-refractivity contribution is 5.70. The molecule has 0 unspecified atom stereocenters. The highest BCUT2D eigenvalue weighted by Crippen LogP contribution is 2.32. The van der Waals surface area contributed by atoms with E-state index in [2.05, 4.69) is 20.5 Å². The third-order valence-corrected chi connectivity index (χ3v) is 7.32. The molecule has 0 radical (unpaired) electrons. The van der Waals surface area contributed by atoms with E-state index in [0.717, 1.165) is 43.0 Å². The van der Waals surface area contributed by atoms with Gasteiger partial charge in [-0.3, -0.25) is 9.48 Å². The second-order valence-corrected chi connectivity index (χ2v) is 9.85. The Labute approximate surface area is 204 Å². The number of rotatable bonds is 9. The molecule has 0 bridgehead atoms. The molecule has 2 atom stereocenters. The van der Waals surface area contributed by atoms with Gasteiger partial charge in [0.05, 0.1) is 35.5 Å². The van der Waals surface area contributed by atoms with Gasteiger partial charge in [0.25, 0.3) is 0 Å². The van der Waals surface area contributed by atoms with E-state index < -0.39 is 5.97 Å². The first-order valence-electron chi connectivity index (χ1n) is 12.5. The van der Waals surface area contributed by atoms with E-state index in [1.807, 2.05) is 26.1 Å². The highest BCUT2D eigenvalue weighted by atomic mass is 16.5. The third kappa shape index (κ3) is 5.36. The number of carboxylic acids is 1. The quantitative estimate of drug-likeness (QED) is 0.484. The molecule has 186 valence electrons. The molecule has 10 nitrogen and oxygen atoms in total. The van der Waals surface area contributed by atoms with Gasteiger partial charge in [-0.25, -0.2) is 4.98 Å². The van der Waals surface area contributed by atoms with Gasteiger partial charge < -0.3 is 14.4 Å². The monoisotopic (exact) mass is 480 g/mol. The van der Waals surface area contributed by atoms with E-state index in [9.17, 15) is 9.90 Å². The first-order valence-corrected chi connectivity index (χ1v) is 12.5. The van der Waals surface area contributed by atoms with Crippen molar-refractivity contribution in [3.63, 3.8) is 0 Å². The molecule has 2 fully saturated rings. The van der Waals surface area contributed by atoms with Crippen molar-refractivity contribution < 1.29 is 19.2 Å². The number of pyridine rings is 1. The van der Waals surface area contributed by atoms with E-state index in [4.69, 9.17) is 14.2 Å². The average molecular weight is 481 g/mol. The lowest BCUT2D eigenvalue weighted by atomic mass is 9.82. The number of carbonyl (C=O) groups is 1. The minimum absolute atomic E-state index is 0.111. The molecule has 2 aliphatic rings. The molecular weight excluding hydrogens is 448 g/mol. The van der Waals surface area contributed by atoms with Crippen molar-refractivity contribution in [1.82, 2.24) is 30.1 Å². The third-order valence-electron chi connectivity index (χ3n) is 7.32. The average Bonchev–Trinajstić information content (AvgIpc) is 3.41. The number of hydrogen-bond acceptors (Lipinski definition) is 8. The van der Waals surface area contributed by atoms with E-state index >= 15 is 0 Å². The lowest BCUT2D eigenvalue weighted by Crippen LogP contribution is -2.29. The van der Waals surface area contributed by atoms with Crippen molar-refractivity contribution in [2.75, 3.05) is 0 Å². The number of carboxylic acid groups (broad SMARTS) is 1. The van der Waals surface area contributed by atoms with Gasteiger partial charge in [-0.05, 0) is 57.1 Å². The predicted molar refractivity (Wildman–Crippen MR) is 126 cm³/mol. The summed E-state index contributed by atoms with van der Waals surface area (Å²) >= 11 is 0. The summed E-state index contributed by atoms with van der Waals surface area (Å²) in [7, 11) is 1.84. The molecule has 1 N–H and O–H groups in total. The van der Waals surface area contributed by atoms with Crippen molar-refractivity contribution >= 4 is 5.97 Å². The van der Waals surface area contributed by atoms with Crippen LogP contribution in [0.15, 0.2) is 16.7 Å². The zero-order chi connectivity index (χ0) is 24.4. The fourth-order valence-electron chi connectivity index (χ4n) is 4.96. The number of hydrogen-bond donors (Lipinski definition) is 1. The van der Waals surface area contributed by atoms with Gasteiger partial charge in [-0.2, -0.15) is 4.98 Å². The van der Waals surface area contributed by atoms with Crippen LogP contribution in [0.25, 0.3) is 11.4 Å². The first-order chi connectivity index (χ1) is 17.0. The predicted octanol–water partition coefficient (Wildman–Crippen LogP) is 3.91. The summed E-state index contributed by atoms with van der Waals surface area (Å²) in [4.78, 5) is 20.7. The molecule has 2 saturated carbocycles. The molecule has 0 aromatic carbocycles. The Morgan fingerprint density at radius 2 is 2.03 bits per heavy atom. The van der Waals surface area contributed by atoms with Gasteiger partial charge in [-0.1, -0.05) is 29.6 Å². The molecule has 0 amide bonds. The van der Waals surface area contributed by atoms with Crippen molar-refractivity contribution in [1.29, 1.82) is 0 Å². The number of aryl methyl sites for hydroxylation is 3. The Balaban J connectivity index is 1.27. The molecule has 5 rings (SSSR count). The second-order valence-electron chi connectivity index (χ2n) is 9.85. The summed E-state index contributed by atoms with van der Waals surface area (Å²) < 4.78 is 13.3. The maximum Gasteiger partial charge on any atom is 0.306 e. The number of ether oxygens (including phenoxy) is 1. The summed E-state index contributed by atoms with van der Waals surface area (Å²) in [6.45, 7) is 1.89. The maximum absolute atomic E-state index is 11.4. The number of aliphatic carboxylic acids is 1. The van der Waals surface area contributed by atoms with Crippen LogP contribution in [0.5, 0.6) is 5.75 Å². The van der Waals surface area contributed by atoms with Crippen molar-refractivity contribution in [3.8, 4) is 17.1 Å². The van der Waals surface area contributed by atoms with Crippen LogP contribution < -0.4 is 4.74 Å². The Hall–Kier alpha value is -3.30. The lowest BCUT2D eigenvalue weighted by Gasteiger charge is -2.27. The van der Waals surface area contributed by atoms with Crippen molar-refractivity contribution in [2.24, 2.45) is 18.9 Å². The molecule has 2 aliphatic carbocycles. The molecule has 35 heavy (non-hydrogen) atoms. The first kappa shape index (κ1) is 23.4. The molecule has 3 aromatic heterocycles. The molecule has 0 saturated heterocycles. The van der Waals surface area contributed by atoms with Crippen LogP contribution in [0.3, 0.4) is 0 Å². The standard InChI is InChI=1S/C25H32N6O4/c1-15-21(34-18-8-4-7-17(13-18)25(32)33)11-10-19(26-15)24-20(31(2)30-28-24)14-22-27-23(35-29-22)12-9-16-5-3-6-16/h10-11,16-18H,3-9,12-14H2,1-2H3,(H,32,33)/t17-,18-/m0/s1. The lowest BCUT2D eigenvalue weighted by molar-refractivity contribution is -0.143. The van der Waals surface area contributed by atoms with E-state index in [1.165, 1.54) is 19.3 Å². The summed E-state index contributed by atoms with van der Waals surface area (Å²) in [6.07, 6.45) is 9.17. The Kier molecular flexibility index (Phi) is 6.79. The topological polar surface area (TPSA) is 129 Å². The van der Waals surface area contributed by atoms with E-state index in [0.29, 0.717) is 48.1 Å². The van der Waals surface area contributed by atoms with Gasteiger partial charge in [0.2, 0.25) is 5.89 Å². The van der Waals surface area contributed by atoms with Gasteiger partial charge in [0.1, 0.15) is 11.4 Å². The smallest absolute Gasteiger partial charge is 0.306 e. The van der Waals surface area contributed by atoms with Crippen LogP contribution in [0, 0.1) is 18.8 Å². The van der Waals surface area contributed by atoms with Gasteiger partial charge in [-0.15, -0.1) is 5.10 Å². The minimum atomic E-state index is -0.745. The van der Waals surface area contributed by atoms with Crippen LogP contribution in [-0.4, -0.2) is 47.3 Å². The van der Waals surface area contributed by atoms with Crippen molar-refractivity contribution in [2.45, 2.75) is 77.2 Å². The summed E-state index contributed by atoms with van der Waals surface area (Å²) in [5, 5.41) is 22.0. The zero-order valence-electron chi connectivity index (χ0n) is 20.3. The molecular formula is C25H32N6O4. The summed E-state index contributed by atoms with van der Waals surface area (Å²) in [6, 6.07) is 3.75. The van der Waals surface area contributed by atoms with E-state index in [-0.39, 0.29) is 12.0 Å². The summed E-state index contributed by atoms with van der Waals surface area (Å²) in [5.74, 6) is 1.69. The number of nitrogens with zero attached hydrogens (tertiary/aromatic N) is 6. The minimum Gasteiger partial charge on any atom is -0.489 e. The second kappa shape index (κ2) is 10.1. The van der Waals surface area contributed by atoms with Crippen molar-refractivity contribution in [3.05, 3.63) is 35.2 Å². The van der Waals surface area contributed by atoms with E-state index in [1.54, 1.807) is 4.68 Å².